The summed E-state index contributed by atoms with van der Waals surface area (Å²) in [5.41, 5.74) is 5.49. The number of benzene rings is 1. The van der Waals surface area contributed by atoms with Gasteiger partial charge < -0.3 is 10.0 Å². The van der Waals surface area contributed by atoms with Crippen molar-refractivity contribution in [3.63, 3.8) is 0 Å². The smallest absolute Gasteiger partial charge is 0.305 e. The second-order valence-electron chi connectivity index (χ2n) is 9.62. The van der Waals surface area contributed by atoms with E-state index in [2.05, 4.69) is 17.1 Å². The van der Waals surface area contributed by atoms with Crippen molar-refractivity contribution in [3.8, 4) is 0 Å². The van der Waals surface area contributed by atoms with E-state index < -0.39 is 12.0 Å². The summed E-state index contributed by atoms with van der Waals surface area (Å²) in [5.74, 6) is -0.862. The van der Waals surface area contributed by atoms with Crippen LogP contribution >= 0.6 is 13.5 Å². The van der Waals surface area contributed by atoms with Gasteiger partial charge in [-0.3, -0.25) is 19.6 Å². The zero-order valence-electron chi connectivity index (χ0n) is 19.9. The van der Waals surface area contributed by atoms with Crippen LogP contribution in [0.4, 0.5) is 0 Å². The van der Waals surface area contributed by atoms with Crippen LogP contribution in [0.1, 0.15) is 67.1 Å². The standard InChI is InChI=1S/C28H31N3O3.H2S/c32-27(33)16-26(22-15-20-8-3-5-11-24(20)29-17-22)31-18-21(28(31)34)9-1-4-10-23-14-13-19-7-2-6-12-25(19)30-23;/h3,5,8,11,13-15,17,21,26H,1-2,4,6-7,9-10,12,16,18H2,(H,32,33);1H2/t21?,26-;/m0./s1. The summed E-state index contributed by atoms with van der Waals surface area (Å²) in [7, 11) is 0. The molecule has 6 nitrogen and oxygen atoms in total. The molecule has 5 rings (SSSR count). The Labute approximate surface area is 213 Å². The van der Waals surface area contributed by atoms with Gasteiger partial charge >= 0.3 is 5.97 Å². The monoisotopic (exact) mass is 491 g/mol. The predicted molar refractivity (Wildman–Crippen MR) is 141 cm³/mol. The van der Waals surface area contributed by atoms with E-state index in [1.165, 1.54) is 24.1 Å². The van der Waals surface area contributed by atoms with Crippen molar-refractivity contribution in [2.75, 3.05) is 6.54 Å². The molecule has 1 aromatic carbocycles. The average molecular weight is 492 g/mol. The van der Waals surface area contributed by atoms with E-state index in [-0.39, 0.29) is 31.7 Å². The maximum Gasteiger partial charge on any atom is 0.305 e. The van der Waals surface area contributed by atoms with E-state index in [1.807, 2.05) is 30.3 Å². The van der Waals surface area contributed by atoms with Gasteiger partial charge in [-0.15, -0.1) is 0 Å². The summed E-state index contributed by atoms with van der Waals surface area (Å²) in [6.45, 7) is 0.612. The summed E-state index contributed by atoms with van der Waals surface area (Å²) < 4.78 is 0. The number of fused-ring (bicyclic) bond motifs is 2. The average Bonchev–Trinajstić information content (AvgIpc) is 2.86. The SMILES string of the molecule is O=C(O)C[C@@H](c1cnc2ccccc2c1)N1CC(CCCCc2ccc3c(n2)CCCC3)C1=O.S. The first kappa shape index (κ1) is 25.2. The van der Waals surface area contributed by atoms with Crippen molar-refractivity contribution in [1.82, 2.24) is 14.9 Å². The molecule has 1 N–H and O–H groups in total. The molecular formula is C28H33N3O3S. The molecule has 0 spiro atoms. The van der Waals surface area contributed by atoms with Gasteiger partial charge in [-0.25, -0.2) is 0 Å². The van der Waals surface area contributed by atoms with E-state index in [0.717, 1.165) is 60.7 Å². The quantitative estimate of drug-likeness (QED) is 0.336. The number of unbranched alkanes of at least 4 members (excludes halogenated alkanes) is 1. The summed E-state index contributed by atoms with van der Waals surface area (Å²) in [5, 5.41) is 10.4. The molecule has 0 saturated carbocycles. The largest absolute Gasteiger partial charge is 0.481 e. The number of likely N-dealkylation sites (tertiary alicyclic amines) is 1. The van der Waals surface area contributed by atoms with Crippen molar-refractivity contribution in [2.45, 2.75) is 63.8 Å². The number of aromatic nitrogens is 2. The highest BCUT2D eigenvalue weighted by molar-refractivity contribution is 7.59. The lowest BCUT2D eigenvalue weighted by atomic mass is 9.88. The third kappa shape index (κ3) is 5.67. The Hall–Kier alpha value is -2.93. The van der Waals surface area contributed by atoms with Crippen LogP contribution < -0.4 is 0 Å². The number of carboxylic acid groups (broad SMARTS) is 1. The summed E-state index contributed by atoms with van der Waals surface area (Å²) in [4.78, 5) is 35.5. The Morgan fingerprint density at radius 3 is 2.77 bits per heavy atom. The lowest BCUT2D eigenvalue weighted by Gasteiger charge is -2.43. The molecule has 3 heterocycles. The third-order valence-corrected chi connectivity index (χ3v) is 7.26. The van der Waals surface area contributed by atoms with Crippen LogP contribution in [-0.4, -0.2) is 38.4 Å². The van der Waals surface area contributed by atoms with Gasteiger partial charge in [0.2, 0.25) is 5.91 Å². The van der Waals surface area contributed by atoms with Gasteiger partial charge in [-0.2, -0.15) is 13.5 Å². The Morgan fingerprint density at radius 1 is 1.11 bits per heavy atom. The van der Waals surface area contributed by atoms with E-state index in [9.17, 15) is 14.7 Å². The normalized spacial score (nSPS) is 17.9. The minimum Gasteiger partial charge on any atom is -0.481 e. The number of pyridine rings is 2. The molecule has 3 aromatic rings. The van der Waals surface area contributed by atoms with E-state index >= 15 is 0 Å². The van der Waals surface area contributed by atoms with Crippen molar-refractivity contribution in [3.05, 3.63) is 71.2 Å². The third-order valence-electron chi connectivity index (χ3n) is 7.26. The number of aliphatic carboxylic acids is 1. The number of rotatable bonds is 9. The van der Waals surface area contributed by atoms with Crippen molar-refractivity contribution < 1.29 is 14.7 Å². The van der Waals surface area contributed by atoms with Gasteiger partial charge in [0.15, 0.2) is 0 Å². The molecule has 1 aliphatic carbocycles. The summed E-state index contributed by atoms with van der Waals surface area (Å²) >= 11 is 0. The lowest BCUT2D eigenvalue weighted by molar-refractivity contribution is -0.154. The van der Waals surface area contributed by atoms with Gasteiger partial charge in [0, 0.05) is 29.5 Å². The van der Waals surface area contributed by atoms with Gasteiger partial charge in [-0.1, -0.05) is 30.7 Å². The molecule has 1 unspecified atom stereocenters. The molecule has 2 atom stereocenters. The van der Waals surface area contributed by atoms with E-state index in [1.54, 1.807) is 11.1 Å². The Morgan fingerprint density at radius 2 is 1.94 bits per heavy atom. The second kappa shape index (κ2) is 11.2. The molecule has 1 aliphatic heterocycles. The number of β-lactam (4-membered cyclic amide) rings is 1. The minimum atomic E-state index is -0.910. The molecule has 2 aliphatic rings. The van der Waals surface area contributed by atoms with Gasteiger partial charge in [0.25, 0.3) is 0 Å². The number of amides is 1. The zero-order valence-corrected chi connectivity index (χ0v) is 20.9. The maximum absolute atomic E-state index is 12.9. The molecule has 2 aromatic heterocycles. The maximum atomic E-state index is 12.9. The number of aryl methyl sites for hydroxylation is 3. The van der Waals surface area contributed by atoms with Crippen LogP contribution in [0, 0.1) is 5.92 Å². The number of carbonyl (C=O) groups excluding carboxylic acids is 1. The Kier molecular flexibility index (Phi) is 8.06. The van der Waals surface area contributed by atoms with Crippen LogP contribution in [-0.2, 0) is 28.9 Å². The lowest BCUT2D eigenvalue weighted by Crippen LogP contribution is -2.54. The first-order valence-electron chi connectivity index (χ1n) is 12.4. The fraction of sp³-hybridized carbons (Fsp3) is 0.429. The highest BCUT2D eigenvalue weighted by atomic mass is 32.1. The fourth-order valence-electron chi connectivity index (χ4n) is 5.33. The van der Waals surface area contributed by atoms with Crippen molar-refractivity contribution in [2.24, 2.45) is 5.92 Å². The number of carboxylic acids is 1. The molecular weight excluding hydrogens is 458 g/mol. The molecule has 0 bridgehead atoms. The summed E-state index contributed by atoms with van der Waals surface area (Å²) in [6.07, 6.45) is 10.1. The second-order valence-corrected chi connectivity index (χ2v) is 9.62. The van der Waals surface area contributed by atoms with Gasteiger partial charge in [-0.05, 0) is 74.3 Å². The van der Waals surface area contributed by atoms with E-state index in [4.69, 9.17) is 4.98 Å². The number of nitrogens with zero attached hydrogens (tertiary/aromatic N) is 3. The van der Waals surface area contributed by atoms with Gasteiger partial charge in [0.05, 0.1) is 23.9 Å². The van der Waals surface area contributed by atoms with E-state index in [0.29, 0.717) is 6.54 Å². The predicted octanol–water partition coefficient (Wildman–Crippen LogP) is 5.01. The molecule has 0 radical (unpaired) electrons. The number of carbonyl (C=O) groups is 2. The minimum absolute atomic E-state index is 0. The highest BCUT2D eigenvalue weighted by Crippen LogP contribution is 2.35. The molecule has 184 valence electrons. The van der Waals surface area contributed by atoms with Crippen LogP contribution in [0.2, 0.25) is 0 Å². The molecule has 1 amide bonds. The van der Waals surface area contributed by atoms with Crippen molar-refractivity contribution in [1.29, 1.82) is 0 Å². The highest BCUT2D eigenvalue weighted by Gasteiger charge is 2.41. The Balaban J connectivity index is 0.00000289. The zero-order chi connectivity index (χ0) is 23.5. The Bertz CT molecular complexity index is 1220. The first-order chi connectivity index (χ1) is 16.6. The van der Waals surface area contributed by atoms with Gasteiger partial charge in [0.1, 0.15) is 0 Å². The van der Waals surface area contributed by atoms with Crippen LogP contribution in [0.3, 0.4) is 0 Å². The summed E-state index contributed by atoms with van der Waals surface area (Å²) in [6, 6.07) is 13.6. The van der Waals surface area contributed by atoms with Crippen LogP contribution in [0.15, 0.2) is 48.7 Å². The fourth-order valence-corrected chi connectivity index (χ4v) is 5.33. The molecule has 7 heteroatoms. The number of hydrogen-bond acceptors (Lipinski definition) is 4. The number of hydrogen-bond donors (Lipinski definition) is 1. The molecule has 1 fully saturated rings. The van der Waals surface area contributed by atoms with Crippen LogP contribution in [0.5, 0.6) is 0 Å². The molecule has 35 heavy (non-hydrogen) atoms. The topological polar surface area (TPSA) is 83.4 Å². The molecule has 1 saturated heterocycles. The first-order valence-corrected chi connectivity index (χ1v) is 12.4. The van der Waals surface area contributed by atoms with Crippen molar-refractivity contribution >= 4 is 36.3 Å². The van der Waals surface area contributed by atoms with Crippen LogP contribution in [0.25, 0.3) is 10.9 Å². The number of para-hydroxylation sites is 1.